The number of carboxylic acids is 1. The van der Waals surface area contributed by atoms with E-state index in [-0.39, 0.29) is 0 Å². The highest BCUT2D eigenvalue weighted by molar-refractivity contribution is 5.82. The molecule has 1 aliphatic heterocycles. The number of carbonyl (C=O) groups is 1. The molecule has 1 unspecified atom stereocenters. The van der Waals surface area contributed by atoms with Crippen molar-refractivity contribution in [3.63, 3.8) is 0 Å². The van der Waals surface area contributed by atoms with Gasteiger partial charge in [-0.15, -0.1) is 0 Å². The molecule has 3 heteroatoms. The molecule has 102 valence electrons. The third-order valence-electron chi connectivity index (χ3n) is 4.82. The van der Waals surface area contributed by atoms with Crippen LogP contribution in [0.3, 0.4) is 0 Å². The molecule has 1 saturated carbocycles. The van der Waals surface area contributed by atoms with E-state index in [2.05, 4.69) is 17.4 Å². The molecule has 0 radical (unpaired) electrons. The van der Waals surface area contributed by atoms with E-state index < -0.39 is 11.4 Å². The van der Waals surface area contributed by atoms with E-state index in [4.69, 9.17) is 0 Å². The van der Waals surface area contributed by atoms with E-state index in [9.17, 15) is 9.90 Å². The Morgan fingerprint density at radius 1 is 1.32 bits per heavy atom. The van der Waals surface area contributed by atoms with Gasteiger partial charge in [0, 0.05) is 6.54 Å². The molecule has 1 aliphatic carbocycles. The second kappa shape index (κ2) is 4.97. The Balaban J connectivity index is 1.89. The summed E-state index contributed by atoms with van der Waals surface area (Å²) in [6, 6.07) is 8.32. The maximum atomic E-state index is 11.6. The van der Waals surface area contributed by atoms with Crippen LogP contribution in [0.25, 0.3) is 0 Å². The normalized spacial score (nSPS) is 25.6. The number of benzene rings is 1. The first kappa shape index (κ1) is 12.7. The molecule has 1 saturated heterocycles. The van der Waals surface area contributed by atoms with Crippen LogP contribution in [-0.2, 0) is 10.2 Å². The van der Waals surface area contributed by atoms with Gasteiger partial charge in [0.05, 0.1) is 5.41 Å². The SMILES string of the molecule is O=C(O)C1(c2cccc(C3CCCNC3)c2)CCC1. The number of hydrogen-bond acceptors (Lipinski definition) is 2. The molecule has 0 amide bonds. The molecule has 0 spiro atoms. The predicted molar refractivity (Wildman–Crippen MR) is 74.5 cm³/mol. The van der Waals surface area contributed by atoms with Crippen LogP contribution in [0.1, 0.15) is 49.1 Å². The lowest BCUT2D eigenvalue weighted by Gasteiger charge is -2.38. The van der Waals surface area contributed by atoms with Crippen molar-refractivity contribution in [3.8, 4) is 0 Å². The van der Waals surface area contributed by atoms with Gasteiger partial charge in [-0.2, -0.15) is 0 Å². The van der Waals surface area contributed by atoms with Gasteiger partial charge < -0.3 is 10.4 Å². The van der Waals surface area contributed by atoms with Gasteiger partial charge in [-0.05, 0) is 49.3 Å². The molecule has 19 heavy (non-hydrogen) atoms. The molecule has 3 nitrogen and oxygen atoms in total. The van der Waals surface area contributed by atoms with Gasteiger partial charge in [0.1, 0.15) is 0 Å². The number of aliphatic carboxylic acids is 1. The summed E-state index contributed by atoms with van der Waals surface area (Å²) >= 11 is 0. The van der Waals surface area contributed by atoms with E-state index in [0.29, 0.717) is 5.92 Å². The fourth-order valence-electron chi connectivity index (χ4n) is 3.38. The summed E-state index contributed by atoms with van der Waals surface area (Å²) in [5, 5.41) is 13.0. The van der Waals surface area contributed by atoms with Crippen LogP contribution in [-0.4, -0.2) is 24.2 Å². The summed E-state index contributed by atoms with van der Waals surface area (Å²) in [4.78, 5) is 11.6. The van der Waals surface area contributed by atoms with E-state index in [1.54, 1.807) is 0 Å². The highest BCUT2D eigenvalue weighted by Crippen LogP contribution is 2.44. The Morgan fingerprint density at radius 2 is 2.16 bits per heavy atom. The molecule has 2 aliphatic rings. The Hall–Kier alpha value is -1.35. The van der Waals surface area contributed by atoms with Gasteiger partial charge in [0.15, 0.2) is 0 Å². The zero-order valence-corrected chi connectivity index (χ0v) is 11.2. The number of nitrogens with one attached hydrogen (secondary N) is 1. The predicted octanol–water partition coefficient (Wildman–Crippen LogP) is 2.66. The van der Waals surface area contributed by atoms with Gasteiger partial charge in [0.2, 0.25) is 0 Å². The topological polar surface area (TPSA) is 49.3 Å². The van der Waals surface area contributed by atoms with Crippen molar-refractivity contribution >= 4 is 5.97 Å². The molecule has 0 aromatic heterocycles. The minimum Gasteiger partial charge on any atom is -0.481 e. The van der Waals surface area contributed by atoms with Crippen molar-refractivity contribution in [2.75, 3.05) is 13.1 Å². The third kappa shape index (κ3) is 2.16. The number of hydrogen-bond donors (Lipinski definition) is 2. The largest absolute Gasteiger partial charge is 0.481 e. The fourth-order valence-corrected chi connectivity index (χ4v) is 3.38. The molecule has 3 rings (SSSR count). The smallest absolute Gasteiger partial charge is 0.314 e. The Bertz CT molecular complexity index is 473. The maximum absolute atomic E-state index is 11.6. The van der Waals surface area contributed by atoms with Gasteiger partial charge in [-0.25, -0.2) is 0 Å². The van der Waals surface area contributed by atoms with Crippen LogP contribution in [0, 0.1) is 0 Å². The van der Waals surface area contributed by atoms with Gasteiger partial charge in [-0.1, -0.05) is 30.7 Å². The summed E-state index contributed by atoms with van der Waals surface area (Å²) < 4.78 is 0. The first-order valence-corrected chi connectivity index (χ1v) is 7.27. The summed E-state index contributed by atoms with van der Waals surface area (Å²) in [6.07, 6.45) is 5.01. The fraction of sp³-hybridized carbons (Fsp3) is 0.562. The van der Waals surface area contributed by atoms with E-state index in [1.165, 1.54) is 18.4 Å². The summed E-state index contributed by atoms with van der Waals surface area (Å²) in [5.74, 6) is -0.114. The standard InChI is InChI=1S/C16H21NO2/c18-15(19)16(7-3-8-16)14-6-1-4-12(10-14)13-5-2-9-17-11-13/h1,4,6,10,13,17H,2-3,5,7-9,11H2,(H,18,19). The molecule has 1 heterocycles. The highest BCUT2D eigenvalue weighted by atomic mass is 16.4. The monoisotopic (exact) mass is 259 g/mol. The summed E-state index contributed by atoms with van der Waals surface area (Å²) in [7, 11) is 0. The van der Waals surface area contributed by atoms with Gasteiger partial charge in [0.25, 0.3) is 0 Å². The zero-order valence-electron chi connectivity index (χ0n) is 11.2. The quantitative estimate of drug-likeness (QED) is 0.877. The second-order valence-corrected chi connectivity index (χ2v) is 5.91. The Morgan fingerprint density at radius 3 is 2.74 bits per heavy atom. The molecule has 2 N–H and O–H groups in total. The van der Waals surface area contributed by atoms with Crippen LogP contribution < -0.4 is 5.32 Å². The number of piperidine rings is 1. The molecular formula is C16H21NO2. The minimum atomic E-state index is -0.655. The molecule has 1 aromatic carbocycles. The van der Waals surface area contributed by atoms with Crippen molar-refractivity contribution in [2.45, 2.75) is 43.4 Å². The molecule has 1 atom stereocenters. The Kier molecular flexibility index (Phi) is 3.31. The Labute approximate surface area is 114 Å². The number of carboxylic acid groups (broad SMARTS) is 1. The summed E-state index contributed by atoms with van der Waals surface area (Å²) in [5.41, 5.74) is 1.71. The second-order valence-electron chi connectivity index (χ2n) is 5.91. The van der Waals surface area contributed by atoms with Crippen molar-refractivity contribution < 1.29 is 9.90 Å². The van der Waals surface area contributed by atoms with E-state index >= 15 is 0 Å². The first-order valence-electron chi connectivity index (χ1n) is 7.27. The van der Waals surface area contributed by atoms with Crippen LogP contribution in [0.4, 0.5) is 0 Å². The molecular weight excluding hydrogens is 238 g/mol. The highest BCUT2D eigenvalue weighted by Gasteiger charge is 2.46. The van der Waals surface area contributed by atoms with Crippen LogP contribution in [0.2, 0.25) is 0 Å². The van der Waals surface area contributed by atoms with Gasteiger partial charge >= 0.3 is 5.97 Å². The van der Waals surface area contributed by atoms with E-state index in [1.807, 2.05) is 12.1 Å². The maximum Gasteiger partial charge on any atom is 0.314 e. The average Bonchev–Trinajstić information content (AvgIpc) is 2.38. The van der Waals surface area contributed by atoms with Crippen molar-refractivity contribution in [2.24, 2.45) is 0 Å². The third-order valence-corrected chi connectivity index (χ3v) is 4.82. The zero-order chi connectivity index (χ0) is 13.3. The first-order chi connectivity index (χ1) is 9.22. The molecule has 1 aromatic rings. The van der Waals surface area contributed by atoms with Crippen molar-refractivity contribution in [1.82, 2.24) is 5.32 Å². The molecule has 2 fully saturated rings. The lowest BCUT2D eigenvalue weighted by atomic mass is 9.64. The number of rotatable bonds is 3. The average molecular weight is 259 g/mol. The van der Waals surface area contributed by atoms with Gasteiger partial charge in [-0.3, -0.25) is 4.79 Å². The van der Waals surface area contributed by atoms with Crippen molar-refractivity contribution in [3.05, 3.63) is 35.4 Å². The van der Waals surface area contributed by atoms with Crippen LogP contribution in [0.5, 0.6) is 0 Å². The summed E-state index contributed by atoms with van der Waals surface area (Å²) in [6.45, 7) is 2.12. The van der Waals surface area contributed by atoms with Crippen LogP contribution >= 0.6 is 0 Å². The molecule has 0 bridgehead atoms. The van der Waals surface area contributed by atoms with E-state index in [0.717, 1.165) is 37.9 Å². The minimum absolute atomic E-state index is 0.541. The van der Waals surface area contributed by atoms with Crippen molar-refractivity contribution in [1.29, 1.82) is 0 Å². The lowest BCUT2D eigenvalue weighted by molar-refractivity contribution is -0.147. The van der Waals surface area contributed by atoms with Crippen LogP contribution in [0.15, 0.2) is 24.3 Å². The lowest BCUT2D eigenvalue weighted by Crippen LogP contribution is -2.42.